The predicted octanol–water partition coefficient (Wildman–Crippen LogP) is 3.49. The zero-order valence-electron chi connectivity index (χ0n) is 13.5. The van der Waals surface area contributed by atoms with Crippen LogP contribution in [0.15, 0.2) is 36.4 Å². The van der Waals surface area contributed by atoms with Crippen molar-refractivity contribution in [2.45, 2.75) is 33.2 Å². The van der Waals surface area contributed by atoms with E-state index in [-0.39, 0.29) is 11.9 Å². The van der Waals surface area contributed by atoms with E-state index in [1.54, 1.807) is 0 Å². The van der Waals surface area contributed by atoms with E-state index in [0.717, 1.165) is 22.5 Å². The Hall–Kier alpha value is -2.36. The summed E-state index contributed by atoms with van der Waals surface area (Å²) in [6.07, 6.45) is 4.14. The highest BCUT2D eigenvalue weighted by molar-refractivity contribution is 5.78. The molecule has 1 unspecified atom stereocenters. The first-order valence-corrected chi connectivity index (χ1v) is 7.38. The molecule has 0 amide bonds. The van der Waals surface area contributed by atoms with Gasteiger partial charge in [0.05, 0.1) is 25.3 Å². The average molecular weight is 298 g/mol. The van der Waals surface area contributed by atoms with E-state index in [4.69, 9.17) is 4.74 Å². The molecule has 1 aromatic carbocycles. The molecule has 0 aliphatic rings. The molecular formula is C18H22N2O2. The summed E-state index contributed by atoms with van der Waals surface area (Å²) in [5.41, 5.74) is 4.00. The molecule has 1 heterocycles. The standard InChI is InChI=1S/C18H22N2O2/c1-13(18(21)22-4)17-14(2)19-20(15(17)3)12-8-11-16-9-6-5-7-10-16/h5-11,13H,12H2,1-4H3/b11-8+. The van der Waals surface area contributed by atoms with E-state index in [9.17, 15) is 4.79 Å². The topological polar surface area (TPSA) is 44.1 Å². The van der Waals surface area contributed by atoms with Crippen molar-refractivity contribution in [3.05, 3.63) is 58.9 Å². The lowest BCUT2D eigenvalue weighted by atomic mass is 9.99. The Bertz CT molecular complexity index is 672. The van der Waals surface area contributed by atoms with Crippen LogP contribution in [0.4, 0.5) is 0 Å². The van der Waals surface area contributed by atoms with Crippen molar-refractivity contribution in [3.63, 3.8) is 0 Å². The van der Waals surface area contributed by atoms with Crippen molar-refractivity contribution in [2.24, 2.45) is 0 Å². The average Bonchev–Trinajstić information content (AvgIpc) is 2.81. The number of allylic oxidation sites excluding steroid dienone is 1. The minimum absolute atomic E-state index is 0.231. The molecule has 4 nitrogen and oxygen atoms in total. The number of hydrogen-bond acceptors (Lipinski definition) is 3. The molecule has 0 N–H and O–H groups in total. The first-order valence-electron chi connectivity index (χ1n) is 7.38. The summed E-state index contributed by atoms with van der Waals surface area (Å²) in [7, 11) is 1.41. The fourth-order valence-corrected chi connectivity index (χ4v) is 2.66. The molecule has 0 aliphatic carbocycles. The number of methoxy groups -OCH3 is 1. The fourth-order valence-electron chi connectivity index (χ4n) is 2.66. The van der Waals surface area contributed by atoms with Crippen LogP contribution in [0.25, 0.3) is 6.08 Å². The molecular weight excluding hydrogens is 276 g/mol. The number of aromatic nitrogens is 2. The van der Waals surface area contributed by atoms with Crippen molar-refractivity contribution in [3.8, 4) is 0 Å². The van der Waals surface area contributed by atoms with Gasteiger partial charge in [-0.1, -0.05) is 42.5 Å². The third kappa shape index (κ3) is 3.45. The number of aryl methyl sites for hydroxylation is 1. The highest BCUT2D eigenvalue weighted by Crippen LogP contribution is 2.24. The zero-order valence-corrected chi connectivity index (χ0v) is 13.5. The monoisotopic (exact) mass is 298 g/mol. The van der Waals surface area contributed by atoms with Gasteiger partial charge in [-0.15, -0.1) is 0 Å². The number of carbonyl (C=O) groups excluding carboxylic acids is 1. The van der Waals surface area contributed by atoms with Gasteiger partial charge in [-0.3, -0.25) is 9.48 Å². The summed E-state index contributed by atoms with van der Waals surface area (Å²) in [5.74, 6) is -0.526. The smallest absolute Gasteiger partial charge is 0.312 e. The van der Waals surface area contributed by atoms with Crippen LogP contribution >= 0.6 is 0 Å². The predicted molar refractivity (Wildman–Crippen MR) is 87.6 cm³/mol. The molecule has 0 saturated carbocycles. The second-order valence-electron chi connectivity index (χ2n) is 5.32. The van der Waals surface area contributed by atoms with Gasteiger partial charge in [0.2, 0.25) is 0 Å². The van der Waals surface area contributed by atoms with Gasteiger partial charge < -0.3 is 4.74 Å². The third-order valence-corrected chi connectivity index (χ3v) is 3.81. The van der Waals surface area contributed by atoms with E-state index in [1.807, 2.05) is 43.7 Å². The Labute approximate surface area is 131 Å². The van der Waals surface area contributed by atoms with Crippen LogP contribution < -0.4 is 0 Å². The molecule has 116 valence electrons. The number of ether oxygens (including phenoxy) is 1. The van der Waals surface area contributed by atoms with Gasteiger partial charge in [0.1, 0.15) is 0 Å². The number of rotatable bonds is 5. The summed E-state index contributed by atoms with van der Waals surface area (Å²) in [4.78, 5) is 11.8. The summed E-state index contributed by atoms with van der Waals surface area (Å²) in [6.45, 7) is 6.45. The lowest BCUT2D eigenvalue weighted by molar-refractivity contribution is -0.142. The van der Waals surface area contributed by atoms with Crippen LogP contribution in [0.2, 0.25) is 0 Å². The number of esters is 1. The Kier molecular flexibility index (Phi) is 5.15. The van der Waals surface area contributed by atoms with Gasteiger partial charge in [0, 0.05) is 11.3 Å². The van der Waals surface area contributed by atoms with Crippen molar-refractivity contribution >= 4 is 12.0 Å². The first-order chi connectivity index (χ1) is 10.5. The Morgan fingerprint density at radius 2 is 2.00 bits per heavy atom. The molecule has 0 radical (unpaired) electrons. The molecule has 0 spiro atoms. The second kappa shape index (κ2) is 7.07. The maximum Gasteiger partial charge on any atom is 0.312 e. The molecule has 0 fully saturated rings. The molecule has 22 heavy (non-hydrogen) atoms. The van der Waals surface area contributed by atoms with Gasteiger partial charge >= 0.3 is 5.97 Å². The molecule has 1 aromatic heterocycles. The zero-order chi connectivity index (χ0) is 16.1. The minimum atomic E-state index is -0.295. The van der Waals surface area contributed by atoms with Gasteiger partial charge in [-0.2, -0.15) is 5.10 Å². The minimum Gasteiger partial charge on any atom is -0.469 e. The van der Waals surface area contributed by atoms with Crippen molar-refractivity contribution in [1.29, 1.82) is 0 Å². The van der Waals surface area contributed by atoms with E-state index >= 15 is 0 Å². The third-order valence-electron chi connectivity index (χ3n) is 3.81. The normalized spacial score (nSPS) is 12.5. The molecule has 0 saturated heterocycles. The Balaban J connectivity index is 2.16. The van der Waals surface area contributed by atoms with Crippen LogP contribution in [-0.2, 0) is 16.1 Å². The Morgan fingerprint density at radius 3 is 2.64 bits per heavy atom. The molecule has 4 heteroatoms. The SMILES string of the molecule is COC(=O)C(C)c1c(C)nn(C/C=C/c2ccccc2)c1C. The number of carbonyl (C=O) groups is 1. The maximum atomic E-state index is 11.8. The Morgan fingerprint density at radius 1 is 1.32 bits per heavy atom. The van der Waals surface area contributed by atoms with Gasteiger partial charge in [0.15, 0.2) is 0 Å². The van der Waals surface area contributed by atoms with E-state index < -0.39 is 0 Å². The van der Waals surface area contributed by atoms with Gasteiger partial charge in [-0.05, 0) is 26.3 Å². The van der Waals surface area contributed by atoms with Gasteiger partial charge in [-0.25, -0.2) is 0 Å². The number of benzene rings is 1. The number of nitrogens with zero attached hydrogens (tertiary/aromatic N) is 2. The summed E-state index contributed by atoms with van der Waals surface area (Å²) >= 11 is 0. The summed E-state index contributed by atoms with van der Waals surface area (Å²) in [5, 5.41) is 4.54. The van der Waals surface area contributed by atoms with Crippen LogP contribution in [0, 0.1) is 13.8 Å². The highest BCUT2D eigenvalue weighted by Gasteiger charge is 2.23. The molecule has 2 rings (SSSR count). The first kappa shape index (κ1) is 16.0. The lowest BCUT2D eigenvalue weighted by Gasteiger charge is -2.10. The molecule has 0 bridgehead atoms. The van der Waals surface area contributed by atoms with Crippen LogP contribution in [-0.4, -0.2) is 22.9 Å². The quantitative estimate of drug-likeness (QED) is 0.794. The molecule has 2 aromatic rings. The van der Waals surface area contributed by atoms with Crippen LogP contribution in [0.1, 0.15) is 35.4 Å². The summed E-state index contributed by atoms with van der Waals surface area (Å²) in [6, 6.07) is 10.1. The number of hydrogen-bond donors (Lipinski definition) is 0. The van der Waals surface area contributed by atoms with Crippen molar-refractivity contribution in [2.75, 3.05) is 7.11 Å². The molecule has 0 aliphatic heterocycles. The summed E-state index contributed by atoms with van der Waals surface area (Å²) < 4.78 is 6.75. The lowest BCUT2D eigenvalue weighted by Crippen LogP contribution is -2.12. The van der Waals surface area contributed by atoms with Crippen molar-refractivity contribution < 1.29 is 9.53 Å². The second-order valence-corrected chi connectivity index (χ2v) is 5.32. The maximum absolute atomic E-state index is 11.8. The highest BCUT2D eigenvalue weighted by atomic mass is 16.5. The van der Waals surface area contributed by atoms with Gasteiger partial charge in [0.25, 0.3) is 0 Å². The fraction of sp³-hybridized carbons (Fsp3) is 0.333. The van der Waals surface area contributed by atoms with E-state index in [0.29, 0.717) is 6.54 Å². The largest absolute Gasteiger partial charge is 0.469 e. The van der Waals surface area contributed by atoms with E-state index in [2.05, 4.69) is 29.4 Å². The molecule has 1 atom stereocenters. The van der Waals surface area contributed by atoms with E-state index in [1.165, 1.54) is 7.11 Å². The van der Waals surface area contributed by atoms with Crippen molar-refractivity contribution in [1.82, 2.24) is 9.78 Å². The van der Waals surface area contributed by atoms with Crippen LogP contribution in [0.5, 0.6) is 0 Å². The van der Waals surface area contributed by atoms with Crippen LogP contribution in [0.3, 0.4) is 0 Å².